The highest BCUT2D eigenvalue weighted by Gasteiger charge is 2.30. The predicted octanol–water partition coefficient (Wildman–Crippen LogP) is 2.18. The maximum atomic E-state index is 12.7. The second kappa shape index (κ2) is 6.25. The number of ketones is 1. The van der Waals surface area contributed by atoms with Gasteiger partial charge in [0.05, 0.1) is 4.90 Å². The van der Waals surface area contributed by atoms with Crippen LogP contribution in [0.3, 0.4) is 0 Å². The van der Waals surface area contributed by atoms with E-state index in [-0.39, 0.29) is 16.6 Å². The van der Waals surface area contributed by atoms with Gasteiger partial charge in [-0.2, -0.15) is 4.31 Å². The molecule has 0 atom stereocenters. The van der Waals surface area contributed by atoms with Gasteiger partial charge in [0.2, 0.25) is 10.0 Å². The molecule has 0 bridgehead atoms. The van der Waals surface area contributed by atoms with Gasteiger partial charge in [-0.1, -0.05) is 12.1 Å². The molecule has 23 heavy (non-hydrogen) atoms. The summed E-state index contributed by atoms with van der Waals surface area (Å²) in [5.41, 5.74) is 0.413. The Kier molecular flexibility index (Phi) is 4.32. The van der Waals surface area contributed by atoms with E-state index in [2.05, 4.69) is 9.97 Å². The summed E-state index contributed by atoms with van der Waals surface area (Å²) in [6.45, 7) is 2.34. The highest BCUT2D eigenvalue weighted by molar-refractivity contribution is 7.89. The molecule has 0 radical (unpaired) electrons. The van der Waals surface area contributed by atoms with E-state index in [0.29, 0.717) is 18.7 Å². The Labute approximate surface area is 135 Å². The first-order valence-electron chi connectivity index (χ1n) is 7.59. The van der Waals surface area contributed by atoms with Crippen LogP contribution in [-0.4, -0.2) is 41.6 Å². The van der Waals surface area contributed by atoms with Crippen LogP contribution in [0.25, 0.3) is 0 Å². The van der Waals surface area contributed by atoms with E-state index >= 15 is 0 Å². The number of H-pyrrole nitrogens is 1. The van der Waals surface area contributed by atoms with Crippen molar-refractivity contribution in [3.8, 4) is 0 Å². The Hall–Kier alpha value is -1.99. The lowest BCUT2D eigenvalue weighted by atomic mass is 9.98. The molecule has 6 nitrogen and oxygen atoms in total. The van der Waals surface area contributed by atoms with Crippen molar-refractivity contribution in [3.05, 3.63) is 48.0 Å². The number of carbonyl (C=O) groups is 1. The van der Waals surface area contributed by atoms with Crippen LogP contribution in [0.2, 0.25) is 0 Å². The standard InChI is InChI=1S/C16H19N3O3S/c1-12(20)14-3-2-4-15(11-14)23(21,22)19-9-5-13(6-10-19)16-17-7-8-18-16/h2-4,7-8,11,13H,5-6,9-10H2,1H3,(H,17,18). The zero-order valence-electron chi connectivity index (χ0n) is 12.9. The molecule has 1 aliphatic rings. The van der Waals surface area contributed by atoms with Crippen LogP contribution in [-0.2, 0) is 10.0 Å². The van der Waals surface area contributed by atoms with Crippen LogP contribution >= 0.6 is 0 Å². The van der Waals surface area contributed by atoms with Gasteiger partial charge in [-0.3, -0.25) is 4.79 Å². The van der Waals surface area contributed by atoms with E-state index < -0.39 is 10.0 Å². The van der Waals surface area contributed by atoms with Crippen LogP contribution in [0.5, 0.6) is 0 Å². The Bertz CT molecular complexity index is 792. The second-order valence-corrected chi connectivity index (χ2v) is 7.67. The number of Topliss-reactive ketones (excluding diaryl/α,β-unsaturated/α-hetero) is 1. The molecule has 1 aromatic heterocycles. The minimum atomic E-state index is -3.56. The van der Waals surface area contributed by atoms with Gasteiger partial charge in [-0.25, -0.2) is 13.4 Å². The van der Waals surface area contributed by atoms with Crippen LogP contribution in [0.4, 0.5) is 0 Å². The highest BCUT2D eigenvalue weighted by Crippen LogP contribution is 2.29. The topological polar surface area (TPSA) is 83.1 Å². The second-order valence-electron chi connectivity index (χ2n) is 5.74. The molecule has 1 aromatic carbocycles. The van der Waals surface area contributed by atoms with Crippen LogP contribution in [0, 0.1) is 0 Å². The summed E-state index contributed by atoms with van der Waals surface area (Å²) in [6.07, 6.45) is 4.97. The summed E-state index contributed by atoms with van der Waals surface area (Å²) >= 11 is 0. The average Bonchev–Trinajstić information content (AvgIpc) is 3.09. The third kappa shape index (κ3) is 3.20. The molecule has 1 aliphatic heterocycles. The van der Waals surface area contributed by atoms with Crippen molar-refractivity contribution in [2.75, 3.05) is 13.1 Å². The molecular formula is C16H19N3O3S. The van der Waals surface area contributed by atoms with Crippen molar-refractivity contribution < 1.29 is 13.2 Å². The Morgan fingerprint density at radius 3 is 2.65 bits per heavy atom. The van der Waals surface area contributed by atoms with Gasteiger partial charge in [0.25, 0.3) is 0 Å². The van der Waals surface area contributed by atoms with Gasteiger partial charge in [0.15, 0.2) is 5.78 Å². The first-order chi connectivity index (χ1) is 11.0. The largest absolute Gasteiger partial charge is 0.348 e. The van der Waals surface area contributed by atoms with Crippen molar-refractivity contribution in [1.29, 1.82) is 0 Å². The maximum absolute atomic E-state index is 12.7. The minimum absolute atomic E-state index is 0.140. The molecule has 7 heteroatoms. The number of sulfonamides is 1. The van der Waals surface area contributed by atoms with Crippen molar-refractivity contribution in [1.82, 2.24) is 14.3 Å². The fourth-order valence-electron chi connectivity index (χ4n) is 2.89. The Morgan fingerprint density at radius 2 is 2.04 bits per heavy atom. The lowest BCUT2D eigenvalue weighted by Gasteiger charge is -2.30. The van der Waals surface area contributed by atoms with Crippen molar-refractivity contribution in [2.24, 2.45) is 0 Å². The normalized spacial score (nSPS) is 17.3. The Balaban J connectivity index is 1.76. The number of rotatable bonds is 4. The van der Waals surface area contributed by atoms with Crippen molar-refractivity contribution in [3.63, 3.8) is 0 Å². The van der Waals surface area contributed by atoms with Gasteiger partial charge in [0, 0.05) is 37.0 Å². The van der Waals surface area contributed by atoms with Crippen molar-refractivity contribution in [2.45, 2.75) is 30.6 Å². The molecule has 1 N–H and O–H groups in total. The lowest BCUT2D eigenvalue weighted by Crippen LogP contribution is -2.38. The fraction of sp³-hybridized carbons (Fsp3) is 0.375. The van der Waals surface area contributed by atoms with Crippen LogP contribution in [0.1, 0.15) is 41.9 Å². The van der Waals surface area contributed by atoms with Gasteiger partial charge in [0.1, 0.15) is 5.82 Å². The van der Waals surface area contributed by atoms with E-state index in [0.717, 1.165) is 18.7 Å². The average molecular weight is 333 g/mol. The van der Waals surface area contributed by atoms with Gasteiger partial charge in [-0.15, -0.1) is 0 Å². The van der Waals surface area contributed by atoms with E-state index in [4.69, 9.17) is 0 Å². The van der Waals surface area contributed by atoms with E-state index in [9.17, 15) is 13.2 Å². The number of nitrogens with one attached hydrogen (secondary N) is 1. The maximum Gasteiger partial charge on any atom is 0.243 e. The SMILES string of the molecule is CC(=O)c1cccc(S(=O)(=O)N2CCC(c3ncc[nH]3)CC2)c1. The number of imidazole rings is 1. The van der Waals surface area contributed by atoms with E-state index in [1.807, 2.05) is 0 Å². The molecule has 1 saturated heterocycles. The Morgan fingerprint density at radius 1 is 1.30 bits per heavy atom. The molecular weight excluding hydrogens is 314 g/mol. The molecule has 0 unspecified atom stereocenters. The molecule has 0 amide bonds. The number of carbonyl (C=O) groups excluding carboxylic acids is 1. The summed E-state index contributed by atoms with van der Waals surface area (Å²) in [6, 6.07) is 6.24. The van der Waals surface area contributed by atoms with E-state index in [1.54, 1.807) is 30.6 Å². The number of benzene rings is 1. The number of aromatic nitrogens is 2. The summed E-state index contributed by atoms with van der Waals surface area (Å²) < 4.78 is 27.0. The molecule has 3 rings (SSSR count). The summed E-state index contributed by atoms with van der Waals surface area (Å²) in [4.78, 5) is 19.0. The number of nitrogens with zero attached hydrogens (tertiary/aromatic N) is 2. The van der Waals surface area contributed by atoms with Gasteiger partial charge >= 0.3 is 0 Å². The molecule has 1 fully saturated rings. The molecule has 0 aliphatic carbocycles. The molecule has 0 saturated carbocycles. The zero-order chi connectivity index (χ0) is 16.4. The quantitative estimate of drug-likeness (QED) is 0.869. The summed E-state index contributed by atoms with van der Waals surface area (Å²) in [5.74, 6) is 1.04. The first kappa shape index (κ1) is 15.9. The number of piperidine rings is 1. The van der Waals surface area contributed by atoms with Crippen molar-refractivity contribution >= 4 is 15.8 Å². The third-order valence-corrected chi connectivity index (χ3v) is 6.13. The summed E-state index contributed by atoms with van der Waals surface area (Å²) in [5, 5.41) is 0. The smallest absolute Gasteiger partial charge is 0.243 e. The number of aromatic amines is 1. The van der Waals surface area contributed by atoms with Crippen LogP contribution < -0.4 is 0 Å². The fourth-order valence-corrected chi connectivity index (χ4v) is 4.41. The molecule has 2 aromatic rings. The number of hydrogen-bond acceptors (Lipinski definition) is 4. The number of hydrogen-bond donors (Lipinski definition) is 1. The molecule has 122 valence electrons. The summed E-state index contributed by atoms with van der Waals surface area (Å²) in [7, 11) is -3.56. The van der Waals surface area contributed by atoms with Gasteiger partial charge in [-0.05, 0) is 31.9 Å². The van der Waals surface area contributed by atoms with Gasteiger partial charge < -0.3 is 4.98 Å². The molecule has 0 spiro atoms. The monoisotopic (exact) mass is 333 g/mol. The highest BCUT2D eigenvalue weighted by atomic mass is 32.2. The zero-order valence-corrected chi connectivity index (χ0v) is 13.7. The predicted molar refractivity (Wildman–Crippen MR) is 85.8 cm³/mol. The molecule has 2 heterocycles. The van der Waals surface area contributed by atoms with E-state index in [1.165, 1.54) is 17.3 Å². The third-order valence-electron chi connectivity index (χ3n) is 4.24. The first-order valence-corrected chi connectivity index (χ1v) is 9.03. The lowest BCUT2D eigenvalue weighted by molar-refractivity contribution is 0.101. The minimum Gasteiger partial charge on any atom is -0.348 e. The van der Waals surface area contributed by atoms with Crippen LogP contribution in [0.15, 0.2) is 41.6 Å².